The molecule has 0 aliphatic rings. The molecule has 0 atom stereocenters. The second-order valence-electron chi connectivity index (χ2n) is 4.38. The molecule has 0 saturated carbocycles. The minimum atomic E-state index is -3.79. The molecule has 0 spiro atoms. The molecule has 0 amide bonds. The number of hydrogen-bond donors (Lipinski definition) is 2. The topological polar surface area (TPSA) is 118 Å². The Bertz CT molecular complexity index is 741. The minimum Gasteiger partial charge on any atom is -0.348 e. The molecule has 8 nitrogen and oxygen atoms in total. The number of H-pyrrole nitrogens is 1. The number of nitro benzene ring substituents is 1. The van der Waals surface area contributed by atoms with Crippen LogP contribution in [0, 0.1) is 17.0 Å². The van der Waals surface area contributed by atoms with E-state index in [1.807, 2.05) is 0 Å². The largest absolute Gasteiger partial charge is 0.348 e. The average Bonchev–Trinajstić information content (AvgIpc) is 2.91. The summed E-state index contributed by atoms with van der Waals surface area (Å²) < 4.78 is 26.8. The molecule has 0 radical (unpaired) electrons. The third-order valence-electron chi connectivity index (χ3n) is 2.98. The third-order valence-corrected chi connectivity index (χ3v) is 4.59. The molecule has 0 saturated heterocycles. The Morgan fingerprint density at radius 3 is 2.81 bits per heavy atom. The maximum absolute atomic E-state index is 12.2. The number of nitro groups is 1. The minimum absolute atomic E-state index is 0.0821. The fourth-order valence-corrected chi connectivity index (χ4v) is 3.20. The average molecular weight is 310 g/mol. The molecule has 0 fully saturated rings. The van der Waals surface area contributed by atoms with E-state index in [9.17, 15) is 18.5 Å². The van der Waals surface area contributed by atoms with Gasteiger partial charge in [0.15, 0.2) is 0 Å². The van der Waals surface area contributed by atoms with Crippen LogP contribution in [0.5, 0.6) is 0 Å². The van der Waals surface area contributed by atoms with E-state index in [0.29, 0.717) is 6.42 Å². The second-order valence-corrected chi connectivity index (χ2v) is 6.12. The van der Waals surface area contributed by atoms with Crippen molar-refractivity contribution in [2.75, 3.05) is 6.54 Å². The van der Waals surface area contributed by atoms with Crippen molar-refractivity contribution in [1.29, 1.82) is 0 Å². The Balaban J connectivity index is 2.16. The summed E-state index contributed by atoms with van der Waals surface area (Å²) in [5.41, 5.74) is 0.705. The summed E-state index contributed by atoms with van der Waals surface area (Å²) in [6.07, 6.45) is 3.56. The summed E-state index contributed by atoms with van der Waals surface area (Å²) in [5, 5.41) is 10.8. The molecule has 21 heavy (non-hydrogen) atoms. The number of imidazole rings is 1. The van der Waals surface area contributed by atoms with Crippen LogP contribution in [-0.2, 0) is 16.4 Å². The standard InChI is InChI=1S/C12H14N4O4S/c1-9-11(16(17)18)3-2-4-12(9)21(19,20)15-6-5-10-7-13-8-14-10/h2-4,7-8,15H,5-6H2,1H3,(H,13,14). The van der Waals surface area contributed by atoms with Crippen LogP contribution in [0.15, 0.2) is 35.6 Å². The van der Waals surface area contributed by atoms with Crippen LogP contribution < -0.4 is 4.72 Å². The van der Waals surface area contributed by atoms with E-state index in [1.54, 1.807) is 6.20 Å². The predicted molar refractivity (Wildman–Crippen MR) is 75.3 cm³/mol. The fourth-order valence-electron chi connectivity index (χ4n) is 1.91. The van der Waals surface area contributed by atoms with Gasteiger partial charge >= 0.3 is 0 Å². The van der Waals surface area contributed by atoms with Gasteiger partial charge in [-0.05, 0) is 13.0 Å². The predicted octanol–water partition coefficient (Wildman–Crippen LogP) is 1.15. The highest BCUT2D eigenvalue weighted by molar-refractivity contribution is 7.89. The van der Waals surface area contributed by atoms with Gasteiger partial charge in [0.1, 0.15) is 0 Å². The highest BCUT2D eigenvalue weighted by Crippen LogP contribution is 2.24. The van der Waals surface area contributed by atoms with Gasteiger partial charge in [-0.2, -0.15) is 0 Å². The van der Waals surface area contributed by atoms with Crippen LogP contribution >= 0.6 is 0 Å². The van der Waals surface area contributed by atoms with Crippen molar-refractivity contribution in [2.45, 2.75) is 18.2 Å². The molecule has 0 aliphatic heterocycles. The molecule has 0 bridgehead atoms. The number of sulfonamides is 1. The lowest BCUT2D eigenvalue weighted by atomic mass is 10.2. The summed E-state index contributed by atoms with van der Waals surface area (Å²) in [4.78, 5) is 16.9. The lowest BCUT2D eigenvalue weighted by Gasteiger charge is -2.09. The maximum atomic E-state index is 12.2. The van der Waals surface area contributed by atoms with Gasteiger partial charge in [0.2, 0.25) is 10.0 Å². The molecule has 1 heterocycles. The number of rotatable bonds is 6. The van der Waals surface area contributed by atoms with Crippen LogP contribution in [0.25, 0.3) is 0 Å². The Labute approximate surface area is 121 Å². The monoisotopic (exact) mass is 310 g/mol. The molecule has 2 N–H and O–H groups in total. The van der Waals surface area contributed by atoms with E-state index >= 15 is 0 Å². The van der Waals surface area contributed by atoms with Gasteiger partial charge in [-0.1, -0.05) is 6.07 Å². The Kier molecular flexibility index (Phi) is 4.34. The van der Waals surface area contributed by atoms with E-state index in [-0.39, 0.29) is 22.7 Å². The molecule has 9 heteroatoms. The lowest BCUT2D eigenvalue weighted by molar-refractivity contribution is -0.385. The van der Waals surface area contributed by atoms with Crippen molar-refractivity contribution in [3.8, 4) is 0 Å². The zero-order chi connectivity index (χ0) is 15.5. The molecule has 2 aromatic rings. The molecule has 1 aromatic carbocycles. The van der Waals surface area contributed by atoms with E-state index < -0.39 is 14.9 Å². The van der Waals surface area contributed by atoms with Crippen LogP contribution in [-0.4, -0.2) is 29.9 Å². The number of nitrogens with one attached hydrogen (secondary N) is 2. The van der Waals surface area contributed by atoms with E-state index in [2.05, 4.69) is 14.7 Å². The summed E-state index contributed by atoms with van der Waals surface area (Å²) >= 11 is 0. The van der Waals surface area contributed by atoms with Gasteiger partial charge in [0, 0.05) is 36.5 Å². The van der Waals surface area contributed by atoms with E-state index in [0.717, 1.165) is 5.69 Å². The lowest BCUT2D eigenvalue weighted by Crippen LogP contribution is -2.26. The van der Waals surface area contributed by atoms with Crippen molar-refractivity contribution in [3.05, 3.63) is 52.1 Å². The highest BCUT2D eigenvalue weighted by atomic mass is 32.2. The fraction of sp³-hybridized carbons (Fsp3) is 0.250. The van der Waals surface area contributed by atoms with Crippen molar-refractivity contribution in [1.82, 2.24) is 14.7 Å². The molecular formula is C12H14N4O4S. The van der Waals surface area contributed by atoms with Gasteiger partial charge in [0.05, 0.1) is 16.1 Å². The van der Waals surface area contributed by atoms with Crippen LogP contribution in [0.4, 0.5) is 5.69 Å². The van der Waals surface area contributed by atoms with Crippen molar-refractivity contribution in [2.24, 2.45) is 0 Å². The SMILES string of the molecule is Cc1c([N+](=O)[O-])cccc1S(=O)(=O)NCCc1cnc[nH]1. The van der Waals surface area contributed by atoms with Crippen molar-refractivity contribution < 1.29 is 13.3 Å². The van der Waals surface area contributed by atoms with Crippen LogP contribution in [0.1, 0.15) is 11.3 Å². The molecule has 0 aliphatic carbocycles. The second kappa shape index (κ2) is 6.02. The first kappa shape index (κ1) is 15.1. The molecule has 1 aromatic heterocycles. The summed E-state index contributed by atoms with van der Waals surface area (Å²) in [6.45, 7) is 1.59. The highest BCUT2D eigenvalue weighted by Gasteiger charge is 2.22. The number of aromatic nitrogens is 2. The summed E-state index contributed by atoms with van der Waals surface area (Å²) in [5.74, 6) is 0. The molecule has 112 valence electrons. The summed E-state index contributed by atoms with van der Waals surface area (Å²) in [6, 6.07) is 3.98. The third kappa shape index (κ3) is 3.44. The molecule has 0 unspecified atom stereocenters. The number of nitrogens with zero attached hydrogens (tertiary/aromatic N) is 2. The van der Waals surface area contributed by atoms with Crippen molar-refractivity contribution >= 4 is 15.7 Å². The Morgan fingerprint density at radius 1 is 1.43 bits per heavy atom. The first-order chi connectivity index (χ1) is 9.92. The van der Waals surface area contributed by atoms with Crippen LogP contribution in [0.2, 0.25) is 0 Å². The van der Waals surface area contributed by atoms with Gasteiger partial charge in [0.25, 0.3) is 5.69 Å². The Morgan fingerprint density at radius 2 is 2.19 bits per heavy atom. The van der Waals surface area contributed by atoms with Gasteiger partial charge in [-0.15, -0.1) is 0 Å². The van der Waals surface area contributed by atoms with E-state index in [1.165, 1.54) is 31.5 Å². The van der Waals surface area contributed by atoms with Crippen LogP contribution in [0.3, 0.4) is 0 Å². The van der Waals surface area contributed by atoms with Gasteiger partial charge < -0.3 is 4.98 Å². The maximum Gasteiger partial charge on any atom is 0.273 e. The number of hydrogen-bond acceptors (Lipinski definition) is 5. The number of benzene rings is 1. The van der Waals surface area contributed by atoms with Gasteiger partial charge in [-0.3, -0.25) is 10.1 Å². The normalized spacial score (nSPS) is 11.5. The first-order valence-electron chi connectivity index (χ1n) is 6.13. The Hall–Kier alpha value is -2.26. The molecule has 2 rings (SSSR count). The van der Waals surface area contributed by atoms with Crippen molar-refractivity contribution in [3.63, 3.8) is 0 Å². The summed E-state index contributed by atoms with van der Waals surface area (Å²) in [7, 11) is -3.79. The first-order valence-corrected chi connectivity index (χ1v) is 7.61. The zero-order valence-corrected chi connectivity index (χ0v) is 12.1. The zero-order valence-electron chi connectivity index (χ0n) is 11.2. The quantitative estimate of drug-likeness (QED) is 0.613. The number of aromatic amines is 1. The molecular weight excluding hydrogens is 296 g/mol. The van der Waals surface area contributed by atoms with E-state index in [4.69, 9.17) is 0 Å². The smallest absolute Gasteiger partial charge is 0.273 e. The van der Waals surface area contributed by atoms with Gasteiger partial charge in [-0.25, -0.2) is 18.1 Å².